The molecule has 1 atom stereocenters. The molecule has 0 aliphatic carbocycles. The Bertz CT molecular complexity index is 908. The molecule has 0 aliphatic rings. The van der Waals surface area contributed by atoms with Crippen LogP contribution in [-0.2, 0) is 6.18 Å². The molecule has 1 N–H and O–H groups in total. The SMILES string of the molecule is Cc1ccc(C)c(C(O)CSc2nnc3ccc(C(F)(F)F)cn23)c1. The second-order valence-electron chi connectivity index (χ2n) is 5.81. The molecule has 1 unspecified atom stereocenters. The van der Waals surface area contributed by atoms with E-state index in [0.29, 0.717) is 10.8 Å². The molecule has 0 saturated heterocycles. The van der Waals surface area contributed by atoms with E-state index >= 15 is 0 Å². The lowest BCUT2D eigenvalue weighted by atomic mass is 10.0. The maximum absolute atomic E-state index is 12.9. The maximum Gasteiger partial charge on any atom is 0.417 e. The fourth-order valence-corrected chi connectivity index (χ4v) is 3.37. The summed E-state index contributed by atoms with van der Waals surface area (Å²) >= 11 is 1.17. The minimum atomic E-state index is -4.43. The van der Waals surface area contributed by atoms with Crippen LogP contribution >= 0.6 is 11.8 Å². The van der Waals surface area contributed by atoms with Gasteiger partial charge in [-0.3, -0.25) is 4.40 Å². The maximum atomic E-state index is 12.9. The highest BCUT2D eigenvalue weighted by Crippen LogP contribution is 2.31. The van der Waals surface area contributed by atoms with Crippen molar-refractivity contribution >= 4 is 17.4 Å². The van der Waals surface area contributed by atoms with E-state index in [0.717, 1.165) is 29.0 Å². The smallest absolute Gasteiger partial charge is 0.388 e. The number of pyridine rings is 1. The van der Waals surface area contributed by atoms with E-state index in [1.807, 2.05) is 32.0 Å². The van der Waals surface area contributed by atoms with Crippen LogP contribution < -0.4 is 0 Å². The number of rotatable bonds is 4. The number of hydrogen-bond acceptors (Lipinski definition) is 4. The molecule has 3 aromatic rings. The third kappa shape index (κ3) is 3.80. The molecular weight excluding hydrogens is 351 g/mol. The average molecular weight is 367 g/mol. The molecule has 2 aromatic heterocycles. The highest BCUT2D eigenvalue weighted by molar-refractivity contribution is 7.99. The number of alkyl halides is 3. The van der Waals surface area contributed by atoms with Crippen molar-refractivity contribution in [2.24, 2.45) is 0 Å². The van der Waals surface area contributed by atoms with Crippen LogP contribution in [0, 0.1) is 13.8 Å². The summed E-state index contributed by atoms with van der Waals surface area (Å²) in [5, 5.41) is 18.5. The lowest BCUT2D eigenvalue weighted by Crippen LogP contribution is -2.07. The standard InChI is InChI=1S/C17H16F3N3OS/c1-10-3-4-11(2)13(7-10)14(24)9-25-16-22-21-15-6-5-12(8-23(15)16)17(18,19)20/h3-8,14,24H,9H2,1-2H3. The van der Waals surface area contributed by atoms with Crippen molar-refractivity contribution < 1.29 is 18.3 Å². The van der Waals surface area contributed by atoms with Gasteiger partial charge in [0.05, 0.1) is 11.7 Å². The Morgan fingerprint density at radius 3 is 2.64 bits per heavy atom. The van der Waals surface area contributed by atoms with E-state index in [2.05, 4.69) is 10.2 Å². The van der Waals surface area contributed by atoms with E-state index in [9.17, 15) is 18.3 Å². The summed E-state index contributed by atoms with van der Waals surface area (Å²) < 4.78 is 39.9. The first kappa shape index (κ1) is 17.8. The molecule has 25 heavy (non-hydrogen) atoms. The summed E-state index contributed by atoms with van der Waals surface area (Å²) in [6, 6.07) is 8.05. The van der Waals surface area contributed by atoms with Crippen molar-refractivity contribution in [3.63, 3.8) is 0 Å². The second-order valence-corrected chi connectivity index (χ2v) is 6.80. The Labute approximate surface area is 146 Å². The first-order chi connectivity index (χ1) is 11.8. The minimum absolute atomic E-state index is 0.265. The van der Waals surface area contributed by atoms with Crippen LogP contribution in [0.3, 0.4) is 0 Å². The third-order valence-electron chi connectivity index (χ3n) is 3.86. The molecule has 0 saturated carbocycles. The van der Waals surface area contributed by atoms with Crippen LogP contribution in [0.25, 0.3) is 5.65 Å². The molecule has 0 aliphatic heterocycles. The van der Waals surface area contributed by atoms with E-state index in [-0.39, 0.29) is 5.75 Å². The van der Waals surface area contributed by atoms with Gasteiger partial charge in [0.15, 0.2) is 10.8 Å². The molecule has 8 heteroatoms. The molecule has 0 amide bonds. The van der Waals surface area contributed by atoms with Gasteiger partial charge in [0.25, 0.3) is 0 Å². The summed E-state index contributed by atoms with van der Waals surface area (Å²) in [6.45, 7) is 3.85. The molecule has 132 valence electrons. The first-order valence-corrected chi connectivity index (χ1v) is 8.54. The lowest BCUT2D eigenvalue weighted by molar-refractivity contribution is -0.137. The van der Waals surface area contributed by atoms with Crippen molar-refractivity contribution in [2.45, 2.75) is 31.3 Å². The van der Waals surface area contributed by atoms with Crippen LogP contribution in [0.4, 0.5) is 13.2 Å². The first-order valence-electron chi connectivity index (χ1n) is 7.55. The summed E-state index contributed by atoms with van der Waals surface area (Å²) in [4.78, 5) is 0. The second kappa shape index (κ2) is 6.68. The molecule has 0 radical (unpaired) electrons. The number of thioether (sulfide) groups is 1. The van der Waals surface area contributed by atoms with Gasteiger partial charge in [0, 0.05) is 11.9 Å². The van der Waals surface area contributed by atoms with Crippen molar-refractivity contribution in [3.8, 4) is 0 Å². The van der Waals surface area contributed by atoms with Gasteiger partial charge in [-0.1, -0.05) is 35.5 Å². The van der Waals surface area contributed by atoms with Crippen molar-refractivity contribution in [1.29, 1.82) is 0 Å². The van der Waals surface area contributed by atoms with E-state index < -0.39 is 17.8 Å². The summed E-state index contributed by atoms with van der Waals surface area (Å²) in [5.74, 6) is 0.265. The number of aryl methyl sites for hydroxylation is 2. The molecule has 3 rings (SSSR count). The van der Waals surface area contributed by atoms with E-state index in [1.54, 1.807) is 0 Å². The lowest BCUT2D eigenvalue weighted by Gasteiger charge is -2.14. The number of nitrogens with zero attached hydrogens (tertiary/aromatic N) is 3. The molecule has 0 fully saturated rings. The predicted octanol–water partition coefficient (Wildman–Crippen LogP) is 4.19. The van der Waals surface area contributed by atoms with Crippen LogP contribution in [0.1, 0.15) is 28.4 Å². The number of aliphatic hydroxyl groups is 1. The molecule has 0 bridgehead atoms. The Hall–Kier alpha value is -2.06. The summed E-state index contributed by atoms with van der Waals surface area (Å²) in [6.07, 6.45) is -4.20. The number of halogens is 3. The normalized spacial score (nSPS) is 13.4. The molecular formula is C17H16F3N3OS. The minimum Gasteiger partial charge on any atom is -0.388 e. The Balaban J connectivity index is 1.82. The van der Waals surface area contributed by atoms with Gasteiger partial charge in [-0.25, -0.2) is 0 Å². The topological polar surface area (TPSA) is 50.4 Å². The number of benzene rings is 1. The highest BCUT2D eigenvalue weighted by atomic mass is 32.2. The number of aliphatic hydroxyl groups excluding tert-OH is 1. The Morgan fingerprint density at radius 2 is 1.92 bits per heavy atom. The summed E-state index contributed by atoms with van der Waals surface area (Å²) in [7, 11) is 0. The van der Waals surface area contributed by atoms with Crippen LogP contribution in [-0.4, -0.2) is 25.5 Å². The molecule has 2 heterocycles. The quantitative estimate of drug-likeness (QED) is 0.703. The van der Waals surface area contributed by atoms with Crippen LogP contribution in [0.2, 0.25) is 0 Å². The molecule has 4 nitrogen and oxygen atoms in total. The number of aromatic nitrogens is 3. The van der Waals surface area contributed by atoms with Gasteiger partial charge in [-0.2, -0.15) is 13.2 Å². The van der Waals surface area contributed by atoms with Crippen molar-refractivity contribution in [3.05, 3.63) is 58.8 Å². The average Bonchev–Trinajstić information content (AvgIpc) is 2.96. The monoisotopic (exact) mass is 367 g/mol. The van der Waals surface area contributed by atoms with Gasteiger partial charge < -0.3 is 5.11 Å². The Kier molecular flexibility index (Phi) is 4.75. The number of hydrogen-bond donors (Lipinski definition) is 1. The molecule has 1 aromatic carbocycles. The zero-order valence-electron chi connectivity index (χ0n) is 13.6. The van der Waals surface area contributed by atoms with Gasteiger partial charge in [0.2, 0.25) is 0 Å². The van der Waals surface area contributed by atoms with Gasteiger partial charge in [-0.05, 0) is 37.1 Å². The fraction of sp³-hybridized carbons (Fsp3) is 0.294. The highest BCUT2D eigenvalue weighted by Gasteiger charge is 2.31. The van der Waals surface area contributed by atoms with Crippen molar-refractivity contribution in [1.82, 2.24) is 14.6 Å². The van der Waals surface area contributed by atoms with E-state index in [4.69, 9.17) is 0 Å². The largest absolute Gasteiger partial charge is 0.417 e. The summed E-state index contributed by atoms with van der Waals surface area (Å²) in [5.41, 5.74) is 2.36. The van der Waals surface area contributed by atoms with Crippen molar-refractivity contribution in [2.75, 3.05) is 5.75 Å². The fourth-order valence-electron chi connectivity index (χ4n) is 2.50. The van der Waals surface area contributed by atoms with Gasteiger partial charge >= 0.3 is 6.18 Å². The molecule has 0 spiro atoms. The van der Waals surface area contributed by atoms with Gasteiger partial charge in [-0.15, -0.1) is 10.2 Å². The zero-order valence-corrected chi connectivity index (χ0v) is 14.4. The zero-order chi connectivity index (χ0) is 18.2. The van der Waals surface area contributed by atoms with Crippen LogP contribution in [0.15, 0.2) is 41.7 Å². The van der Waals surface area contributed by atoms with E-state index in [1.165, 1.54) is 22.2 Å². The Morgan fingerprint density at radius 1 is 1.16 bits per heavy atom. The predicted molar refractivity (Wildman–Crippen MR) is 89.6 cm³/mol. The van der Waals surface area contributed by atoms with Crippen LogP contribution in [0.5, 0.6) is 0 Å². The third-order valence-corrected chi connectivity index (χ3v) is 4.88. The van der Waals surface area contributed by atoms with Gasteiger partial charge in [0.1, 0.15) is 0 Å². The number of fused-ring (bicyclic) bond motifs is 1.